The minimum absolute atomic E-state index is 0. The van der Waals surface area contributed by atoms with Crippen molar-refractivity contribution in [2.45, 2.75) is 47.0 Å². The molecule has 0 aromatic heterocycles. The molecule has 0 radical (unpaired) electrons. The highest BCUT2D eigenvalue weighted by Crippen LogP contribution is 2.26. The molecule has 0 aliphatic heterocycles. The molecule has 1 rings (SSSR count). The van der Waals surface area contributed by atoms with E-state index in [9.17, 15) is 0 Å². The lowest BCUT2D eigenvalue weighted by molar-refractivity contribution is 0.444. The van der Waals surface area contributed by atoms with Crippen molar-refractivity contribution in [3.05, 3.63) is 24.3 Å². The summed E-state index contributed by atoms with van der Waals surface area (Å²) in [6.45, 7) is 8.42. The van der Waals surface area contributed by atoms with Crippen molar-refractivity contribution in [2.24, 2.45) is 11.8 Å². The monoisotopic (exact) mass is 180 g/mol. The Bertz CT molecular complexity index is 176. The van der Waals surface area contributed by atoms with Gasteiger partial charge in [0.05, 0.1) is 0 Å². The lowest BCUT2D eigenvalue weighted by Crippen LogP contribution is -2.07. The third kappa shape index (κ3) is 4.31. The maximum Gasteiger partial charge on any atom is -0.0228 e. The van der Waals surface area contributed by atoms with Gasteiger partial charge in [-0.05, 0) is 44.4 Å². The molecule has 0 bridgehead atoms. The highest BCUT2D eigenvalue weighted by Gasteiger charge is 2.12. The van der Waals surface area contributed by atoms with Crippen LogP contribution >= 0.6 is 0 Å². The first-order valence-electron chi connectivity index (χ1n) is 5.02. The molecule has 0 aromatic rings. The van der Waals surface area contributed by atoms with Crippen LogP contribution < -0.4 is 0 Å². The van der Waals surface area contributed by atoms with Crippen LogP contribution in [-0.2, 0) is 0 Å². The van der Waals surface area contributed by atoms with E-state index in [-0.39, 0.29) is 7.43 Å². The van der Waals surface area contributed by atoms with Gasteiger partial charge in [0.25, 0.3) is 0 Å². The van der Waals surface area contributed by atoms with Gasteiger partial charge in [0.1, 0.15) is 0 Å². The zero-order chi connectivity index (χ0) is 8.97. The fourth-order valence-corrected chi connectivity index (χ4v) is 1.73. The first-order valence-corrected chi connectivity index (χ1v) is 5.02. The van der Waals surface area contributed by atoms with Crippen LogP contribution in [0.3, 0.4) is 0 Å². The second-order valence-corrected chi connectivity index (χ2v) is 4.10. The summed E-state index contributed by atoms with van der Waals surface area (Å²) in [5.41, 5.74) is 1.33. The van der Waals surface area contributed by atoms with Crippen molar-refractivity contribution in [3.8, 4) is 0 Å². The summed E-state index contributed by atoms with van der Waals surface area (Å²) in [6, 6.07) is 0. The van der Waals surface area contributed by atoms with Gasteiger partial charge in [-0.15, -0.1) is 0 Å². The largest absolute Gasteiger partial charge is 0.0999 e. The van der Waals surface area contributed by atoms with E-state index < -0.39 is 0 Å². The van der Waals surface area contributed by atoms with Crippen LogP contribution in [0.25, 0.3) is 0 Å². The van der Waals surface area contributed by atoms with Crippen molar-refractivity contribution in [3.63, 3.8) is 0 Å². The van der Waals surface area contributed by atoms with Gasteiger partial charge in [-0.2, -0.15) is 0 Å². The van der Waals surface area contributed by atoms with Crippen LogP contribution in [0.1, 0.15) is 47.0 Å². The molecule has 0 N–H and O–H groups in total. The van der Waals surface area contributed by atoms with E-state index in [1.807, 2.05) is 0 Å². The molecule has 2 unspecified atom stereocenters. The molecule has 0 fully saturated rings. The second-order valence-electron chi connectivity index (χ2n) is 4.10. The molecule has 0 saturated carbocycles. The van der Waals surface area contributed by atoms with Gasteiger partial charge in [0.15, 0.2) is 0 Å². The highest BCUT2D eigenvalue weighted by atomic mass is 14.2. The summed E-state index contributed by atoms with van der Waals surface area (Å²) in [5, 5.41) is 0. The fraction of sp³-hybridized carbons (Fsp3) is 0.692. The van der Waals surface area contributed by atoms with Crippen LogP contribution in [0, 0.1) is 11.8 Å². The third-order valence-corrected chi connectivity index (χ3v) is 2.85. The Morgan fingerprint density at radius 2 is 2.31 bits per heavy atom. The Kier molecular flexibility index (Phi) is 5.77. The normalized spacial score (nSPS) is 23.4. The third-order valence-electron chi connectivity index (χ3n) is 2.85. The van der Waals surface area contributed by atoms with E-state index in [0.29, 0.717) is 5.92 Å². The first kappa shape index (κ1) is 12.5. The van der Waals surface area contributed by atoms with Crippen molar-refractivity contribution in [1.82, 2.24) is 0 Å². The molecule has 0 aromatic carbocycles. The van der Waals surface area contributed by atoms with E-state index in [1.165, 1.54) is 31.3 Å². The number of hydrogen-bond donors (Lipinski definition) is 0. The second kappa shape index (κ2) is 6.01. The van der Waals surface area contributed by atoms with Gasteiger partial charge in [0, 0.05) is 0 Å². The van der Waals surface area contributed by atoms with Crippen molar-refractivity contribution in [2.75, 3.05) is 0 Å². The van der Waals surface area contributed by atoms with E-state index in [4.69, 9.17) is 0 Å². The molecule has 76 valence electrons. The summed E-state index contributed by atoms with van der Waals surface area (Å²) >= 11 is 0. The predicted octanol–water partition coefficient (Wildman–Crippen LogP) is 4.58. The molecular formula is C13H24. The molecule has 0 spiro atoms. The van der Waals surface area contributed by atoms with Gasteiger partial charge >= 0.3 is 0 Å². The molecule has 0 nitrogen and oxygen atoms in total. The lowest BCUT2D eigenvalue weighted by Gasteiger charge is -2.20. The summed E-state index contributed by atoms with van der Waals surface area (Å²) in [5.74, 6) is 1.52. The predicted molar refractivity (Wildman–Crippen MR) is 61.8 cm³/mol. The van der Waals surface area contributed by atoms with Crippen LogP contribution in [0.2, 0.25) is 0 Å². The average Bonchev–Trinajstić information content (AvgIpc) is 2.06. The number of rotatable bonds is 3. The quantitative estimate of drug-likeness (QED) is 0.558. The standard InChI is InChI=1S/C12H20.CH4/c1-10(2)11(3)9-12-7-5-4-6-8-12;/h5,7,11-12H,1,4,6,8-9H2,2-3H3;1H4. The van der Waals surface area contributed by atoms with E-state index in [2.05, 4.69) is 32.6 Å². The van der Waals surface area contributed by atoms with Gasteiger partial charge in [0.2, 0.25) is 0 Å². The van der Waals surface area contributed by atoms with E-state index >= 15 is 0 Å². The van der Waals surface area contributed by atoms with Crippen molar-refractivity contribution >= 4 is 0 Å². The van der Waals surface area contributed by atoms with Crippen LogP contribution in [0.5, 0.6) is 0 Å². The molecule has 0 heteroatoms. The summed E-state index contributed by atoms with van der Waals surface area (Å²) in [6.07, 6.45) is 10.1. The topological polar surface area (TPSA) is 0 Å². The Balaban J connectivity index is 0.00000144. The Labute approximate surface area is 83.7 Å². The zero-order valence-electron chi connectivity index (χ0n) is 8.34. The molecule has 0 amide bonds. The Morgan fingerprint density at radius 3 is 2.77 bits per heavy atom. The molecule has 0 saturated heterocycles. The minimum Gasteiger partial charge on any atom is -0.0999 e. The molecule has 2 atom stereocenters. The first-order chi connectivity index (χ1) is 5.70. The maximum atomic E-state index is 4.00. The van der Waals surface area contributed by atoms with Gasteiger partial charge in [-0.1, -0.05) is 38.7 Å². The van der Waals surface area contributed by atoms with Gasteiger partial charge in [-0.25, -0.2) is 0 Å². The summed E-state index contributed by atoms with van der Waals surface area (Å²) in [4.78, 5) is 0. The van der Waals surface area contributed by atoms with Gasteiger partial charge in [-0.3, -0.25) is 0 Å². The highest BCUT2D eigenvalue weighted by molar-refractivity contribution is 4.99. The maximum absolute atomic E-state index is 4.00. The van der Waals surface area contributed by atoms with E-state index in [1.54, 1.807) is 0 Å². The molecular weight excluding hydrogens is 156 g/mol. The van der Waals surface area contributed by atoms with Crippen molar-refractivity contribution < 1.29 is 0 Å². The number of allylic oxidation sites excluding steroid dienone is 3. The smallest absolute Gasteiger partial charge is 0.0228 e. The lowest BCUT2D eigenvalue weighted by atomic mass is 9.86. The molecule has 1 aliphatic carbocycles. The number of hydrogen-bond acceptors (Lipinski definition) is 0. The Morgan fingerprint density at radius 1 is 1.62 bits per heavy atom. The van der Waals surface area contributed by atoms with Gasteiger partial charge < -0.3 is 0 Å². The summed E-state index contributed by atoms with van der Waals surface area (Å²) in [7, 11) is 0. The van der Waals surface area contributed by atoms with Crippen LogP contribution in [0.15, 0.2) is 24.3 Å². The summed E-state index contributed by atoms with van der Waals surface area (Å²) < 4.78 is 0. The van der Waals surface area contributed by atoms with E-state index in [0.717, 1.165) is 5.92 Å². The minimum atomic E-state index is 0. The molecule has 1 aliphatic rings. The average molecular weight is 180 g/mol. The van der Waals surface area contributed by atoms with Crippen LogP contribution in [0.4, 0.5) is 0 Å². The zero-order valence-corrected chi connectivity index (χ0v) is 8.34. The SMILES string of the molecule is C.C=C(C)C(C)CC1C=CCCC1. The fourth-order valence-electron chi connectivity index (χ4n) is 1.73. The molecule has 13 heavy (non-hydrogen) atoms. The molecule has 0 heterocycles. The Hall–Kier alpha value is -0.520. The van der Waals surface area contributed by atoms with Crippen LogP contribution in [-0.4, -0.2) is 0 Å². The van der Waals surface area contributed by atoms with Crippen molar-refractivity contribution in [1.29, 1.82) is 0 Å².